The Bertz CT molecular complexity index is 629. The van der Waals surface area contributed by atoms with Gasteiger partial charge in [-0.2, -0.15) is 0 Å². The maximum atomic E-state index is 12.4. The van der Waals surface area contributed by atoms with E-state index in [9.17, 15) is 4.79 Å². The highest BCUT2D eigenvalue weighted by Gasteiger charge is 2.17. The lowest BCUT2D eigenvalue weighted by atomic mass is 10.0. The van der Waals surface area contributed by atoms with E-state index in [-0.39, 0.29) is 24.5 Å². The van der Waals surface area contributed by atoms with Crippen LogP contribution in [-0.2, 0) is 0 Å². The molecule has 0 spiro atoms. The molecule has 122 valence electrons. The second-order valence-electron chi connectivity index (χ2n) is 5.65. The Labute approximate surface area is 136 Å². The average Bonchev–Trinajstić information content (AvgIpc) is 2.55. The van der Waals surface area contributed by atoms with Crippen molar-refractivity contribution in [3.63, 3.8) is 0 Å². The Morgan fingerprint density at radius 1 is 1.22 bits per heavy atom. The van der Waals surface area contributed by atoms with Crippen molar-refractivity contribution >= 4 is 5.91 Å². The van der Waals surface area contributed by atoms with Crippen molar-refractivity contribution in [2.24, 2.45) is 5.92 Å². The highest BCUT2D eigenvalue weighted by molar-refractivity contribution is 5.94. The first-order chi connectivity index (χ1) is 11.1. The van der Waals surface area contributed by atoms with E-state index in [0.717, 1.165) is 0 Å². The third-order valence-electron chi connectivity index (χ3n) is 3.54. The number of aliphatic hydroxyl groups excluding tert-OH is 1. The summed E-state index contributed by atoms with van der Waals surface area (Å²) in [6.07, 6.45) is 3.83. The largest absolute Gasteiger partial charge is 0.457 e. The molecule has 0 radical (unpaired) electrons. The molecule has 0 fully saturated rings. The normalized spacial score (nSPS) is 12.0. The number of carbonyl (C=O) groups is 1. The molecule has 2 rings (SSSR count). The number of hydrogen-bond acceptors (Lipinski definition) is 4. The summed E-state index contributed by atoms with van der Waals surface area (Å²) in [5.74, 6) is 1.34. The van der Waals surface area contributed by atoms with E-state index in [4.69, 9.17) is 9.84 Å². The molecule has 0 aliphatic heterocycles. The molecule has 2 N–H and O–H groups in total. The maximum absolute atomic E-state index is 12.4. The summed E-state index contributed by atoms with van der Waals surface area (Å²) in [5.41, 5.74) is 0.528. The van der Waals surface area contributed by atoms with Gasteiger partial charge in [-0.1, -0.05) is 19.9 Å². The van der Waals surface area contributed by atoms with Gasteiger partial charge in [-0.3, -0.25) is 9.78 Å². The van der Waals surface area contributed by atoms with Crippen LogP contribution in [0.3, 0.4) is 0 Å². The van der Waals surface area contributed by atoms with Gasteiger partial charge in [-0.05, 0) is 42.7 Å². The predicted octanol–water partition coefficient (Wildman–Crippen LogP) is 3.01. The zero-order chi connectivity index (χ0) is 16.7. The minimum absolute atomic E-state index is 0.0499. The molecular weight excluding hydrogens is 292 g/mol. The van der Waals surface area contributed by atoms with Gasteiger partial charge in [0.05, 0.1) is 0 Å². The number of aromatic nitrogens is 1. The molecule has 2 aromatic rings. The summed E-state index contributed by atoms with van der Waals surface area (Å²) >= 11 is 0. The number of hydrogen-bond donors (Lipinski definition) is 2. The first-order valence-corrected chi connectivity index (χ1v) is 7.70. The molecule has 1 aromatic carbocycles. The van der Waals surface area contributed by atoms with E-state index in [1.807, 2.05) is 13.8 Å². The summed E-state index contributed by atoms with van der Waals surface area (Å²) in [6.45, 7) is 4.08. The highest BCUT2D eigenvalue weighted by Crippen LogP contribution is 2.21. The van der Waals surface area contributed by atoms with Gasteiger partial charge in [0.15, 0.2) is 0 Å². The highest BCUT2D eigenvalue weighted by atomic mass is 16.5. The van der Waals surface area contributed by atoms with Crippen molar-refractivity contribution in [2.75, 3.05) is 6.61 Å². The number of amides is 1. The van der Waals surface area contributed by atoms with Gasteiger partial charge < -0.3 is 15.2 Å². The maximum Gasteiger partial charge on any atom is 0.251 e. The van der Waals surface area contributed by atoms with Gasteiger partial charge in [0.1, 0.15) is 11.5 Å². The van der Waals surface area contributed by atoms with Crippen LogP contribution >= 0.6 is 0 Å². The fourth-order valence-corrected chi connectivity index (χ4v) is 2.21. The molecule has 0 saturated heterocycles. The zero-order valence-electron chi connectivity index (χ0n) is 13.4. The molecule has 1 aromatic heterocycles. The molecule has 1 amide bonds. The fraction of sp³-hybridized carbons (Fsp3) is 0.333. The van der Waals surface area contributed by atoms with Gasteiger partial charge in [-0.15, -0.1) is 0 Å². The van der Waals surface area contributed by atoms with E-state index in [0.29, 0.717) is 23.5 Å². The van der Waals surface area contributed by atoms with Crippen molar-refractivity contribution in [2.45, 2.75) is 26.3 Å². The van der Waals surface area contributed by atoms with Crippen LogP contribution in [0.25, 0.3) is 0 Å². The smallest absolute Gasteiger partial charge is 0.251 e. The van der Waals surface area contributed by atoms with E-state index in [1.54, 1.807) is 48.8 Å². The van der Waals surface area contributed by atoms with Gasteiger partial charge in [0.2, 0.25) is 0 Å². The zero-order valence-corrected chi connectivity index (χ0v) is 13.4. The number of pyridine rings is 1. The van der Waals surface area contributed by atoms with Gasteiger partial charge in [-0.25, -0.2) is 0 Å². The molecule has 1 atom stereocenters. The SMILES string of the molecule is CC(C)C(CCO)NC(=O)c1cccc(Oc2ccncc2)c1. The van der Waals surface area contributed by atoms with E-state index in [2.05, 4.69) is 10.3 Å². The molecule has 23 heavy (non-hydrogen) atoms. The average molecular weight is 314 g/mol. The van der Waals surface area contributed by atoms with Gasteiger partial charge >= 0.3 is 0 Å². The van der Waals surface area contributed by atoms with Crippen molar-refractivity contribution in [3.8, 4) is 11.5 Å². The first-order valence-electron chi connectivity index (χ1n) is 7.70. The van der Waals surface area contributed by atoms with Crippen LogP contribution in [-0.4, -0.2) is 28.6 Å². The molecular formula is C18H22N2O3. The van der Waals surface area contributed by atoms with E-state index < -0.39 is 0 Å². The van der Waals surface area contributed by atoms with Crippen molar-refractivity contribution in [3.05, 3.63) is 54.4 Å². The molecule has 1 unspecified atom stereocenters. The third kappa shape index (κ3) is 5.07. The minimum atomic E-state index is -0.169. The lowest BCUT2D eigenvalue weighted by Gasteiger charge is -2.21. The number of benzene rings is 1. The Morgan fingerprint density at radius 3 is 2.61 bits per heavy atom. The quantitative estimate of drug-likeness (QED) is 0.824. The van der Waals surface area contributed by atoms with Crippen molar-refractivity contribution in [1.29, 1.82) is 0 Å². The lowest BCUT2D eigenvalue weighted by molar-refractivity contribution is 0.0916. The molecule has 5 nitrogen and oxygen atoms in total. The van der Waals surface area contributed by atoms with Crippen molar-refractivity contribution in [1.82, 2.24) is 10.3 Å². The Balaban J connectivity index is 2.08. The number of rotatable bonds is 7. The van der Waals surface area contributed by atoms with E-state index in [1.165, 1.54) is 0 Å². The summed E-state index contributed by atoms with van der Waals surface area (Å²) in [7, 11) is 0. The lowest BCUT2D eigenvalue weighted by Crippen LogP contribution is -2.39. The molecule has 0 aliphatic rings. The fourth-order valence-electron chi connectivity index (χ4n) is 2.21. The topological polar surface area (TPSA) is 71.5 Å². The number of carbonyl (C=O) groups excluding carboxylic acids is 1. The number of ether oxygens (including phenoxy) is 1. The summed E-state index contributed by atoms with van der Waals surface area (Å²) in [4.78, 5) is 16.3. The third-order valence-corrected chi connectivity index (χ3v) is 3.54. The van der Waals surface area contributed by atoms with Crippen LogP contribution < -0.4 is 10.1 Å². The molecule has 0 aliphatic carbocycles. The van der Waals surface area contributed by atoms with Crippen LogP contribution in [0.15, 0.2) is 48.8 Å². The number of aliphatic hydroxyl groups is 1. The van der Waals surface area contributed by atoms with Crippen LogP contribution in [0.1, 0.15) is 30.6 Å². The minimum Gasteiger partial charge on any atom is -0.457 e. The summed E-state index contributed by atoms with van der Waals surface area (Å²) in [6, 6.07) is 10.5. The Hall–Kier alpha value is -2.40. The Morgan fingerprint density at radius 2 is 1.96 bits per heavy atom. The van der Waals surface area contributed by atoms with Gasteiger partial charge in [0, 0.05) is 30.6 Å². The molecule has 1 heterocycles. The van der Waals surface area contributed by atoms with Crippen LogP contribution in [0.4, 0.5) is 0 Å². The molecule has 0 saturated carbocycles. The standard InChI is InChI=1S/C18H22N2O3/c1-13(2)17(8-11-21)20-18(22)14-4-3-5-16(12-14)23-15-6-9-19-10-7-15/h3-7,9-10,12-13,17,21H,8,11H2,1-2H3,(H,20,22). The number of nitrogens with zero attached hydrogens (tertiary/aromatic N) is 1. The second-order valence-corrected chi connectivity index (χ2v) is 5.65. The Kier molecular flexibility index (Phi) is 6.11. The predicted molar refractivity (Wildman–Crippen MR) is 88.5 cm³/mol. The second kappa shape index (κ2) is 8.29. The summed E-state index contributed by atoms with van der Waals surface area (Å²) < 4.78 is 5.71. The van der Waals surface area contributed by atoms with Crippen LogP contribution in [0.5, 0.6) is 11.5 Å². The molecule has 5 heteroatoms. The van der Waals surface area contributed by atoms with Crippen LogP contribution in [0, 0.1) is 5.92 Å². The summed E-state index contributed by atoms with van der Waals surface area (Å²) in [5, 5.41) is 12.1. The monoisotopic (exact) mass is 314 g/mol. The first kappa shape index (κ1) is 17.0. The van der Waals surface area contributed by atoms with Crippen LogP contribution in [0.2, 0.25) is 0 Å². The van der Waals surface area contributed by atoms with E-state index >= 15 is 0 Å². The number of nitrogens with one attached hydrogen (secondary N) is 1. The van der Waals surface area contributed by atoms with Gasteiger partial charge in [0.25, 0.3) is 5.91 Å². The van der Waals surface area contributed by atoms with Crippen molar-refractivity contribution < 1.29 is 14.6 Å². The molecule has 0 bridgehead atoms.